The first-order chi connectivity index (χ1) is 11.6. The highest BCUT2D eigenvalue weighted by Crippen LogP contribution is 2.31. The quantitative estimate of drug-likeness (QED) is 0.743. The van der Waals surface area contributed by atoms with E-state index in [4.69, 9.17) is 10.5 Å². The summed E-state index contributed by atoms with van der Waals surface area (Å²) in [7, 11) is 0. The number of nitrogens with zero attached hydrogens (tertiary/aromatic N) is 1. The van der Waals surface area contributed by atoms with Crippen molar-refractivity contribution in [2.24, 2.45) is 0 Å². The normalized spacial score (nSPS) is 10.4. The van der Waals surface area contributed by atoms with Gasteiger partial charge in [-0.3, -0.25) is 4.79 Å². The highest BCUT2D eigenvalue weighted by atomic mass is 32.1. The number of rotatable bonds is 5. The van der Waals surface area contributed by atoms with Gasteiger partial charge in [0.1, 0.15) is 5.75 Å². The molecule has 0 aliphatic heterocycles. The van der Waals surface area contributed by atoms with Crippen molar-refractivity contribution in [3.8, 4) is 17.0 Å². The minimum atomic E-state index is -0.211. The largest absolute Gasteiger partial charge is 0.483 e. The second kappa shape index (κ2) is 7.14. The lowest BCUT2D eigenvalue weighted by Crippen LogP contribution is -2.20. The van der Waals surface area contributed by atoms with Crippen LogP contribution in [0.3, 0.4) is 0 Å². The van der Waals surface area contributed by atoms with Gasteiger partial charge in [-0.2, -0.15) is 0 Å². The van der Waals surface area contributed by atoms with E-state index in [-0.39, 0.29) is 12.5 Å². The summed E-state index contributed by atoms with van der Waals surface area (Å²) in [6.45, 7) is 1.86. The summed E-state index contributed by atoms with van der Waals surface area (Å²) in [5.74, 6) is 0.389. The second-order valence-electron chi connectivity index (χ2n) is 5.22. The number of nitrogens with one attached hydrogen (secondary N) is 1. The molecular weight excluding hydrogens is 322 g/mol. The number of nitrogen functional groups attached to an aromatic ring is 1. The standard InChI is InChI=1S/C18H17N3O2S/c1-12-6-2-4-8-14(12)20-17(22)10-23-16-9-5-3-7-13(16)15-11-24-18(19)21-15/h2-9,11H,10H2,1H3,(H2,19,21)(H,20,22). The van der Waals surface area contributed by atoms with E-state index in [9.17, 15) is 4.79 Å². The summed E-state index contributed by atoms with van der Waals surface area (Å²) in [6, 6.07) is 15.1. The summed E-state index contributed by atoms with van der Waals surface area (Å²) in [5, 5.41) is 5.21. The predicted molar refractivity (Wildman–Crippen MR) is 97.3 cm³/mol. The molecule has 1 aromatic heterocycles. The number of benzene rings is 2. The van der Waals surface area contributed by atoms with Crippen LogP contribution in [0.2, 0.25) is 0 Å². The Morgan fingerprint density at radius 1 is 1.21 bits per heavy atom. The van der Waals surface area contributed by atoms with Crippen molar-refractivity contribution >= 4 is 28.1 Å². The van der Waals surface area contributed by atoms with Crippen molar-refractivity contribution in [1.29, 1.82) is 0 Å². The fraction of sp³-hybridized carbons (Fsp3) is 0.111. The highest BCUT2D eigenvalue weighted by molar-refractivity contribution is 7.13. The molecule has 0 spiro atoms. The molecule has 0 fully saturated rings. The van der Waals surface area contributed by atoms with Crippen LogP contribution in [0.25, 0.3) is 11.3 Å². The zero-order valence-corrected chi connectivity index (χ0v) is 14.0. The van der Waals surface area contributed by atoms with Crippen LogP contribution >= 0.6 is 11.3 Å². The summed E-state index contributed by atoms with van der Waals surface area (Å²) in [6.07, 6.45) is 0. The maximum atomic E-state index is 12.1. The zero-order valence-electron chi connectivity index (χ0n) is 13.2. The van der Waals surface area contributed by atoms with Gasteiger partial charge in [0, 0.05) is 16.6 Å². The first kappa shape index (κ1) is 16.0. The van der Waals surface area contributed by atoms with Gasteiger partial charge in [-0.25, -0.2) is 4.98 Å². The Kier molecular flexibility index (Phi) is 4.77. The highest BCUT2D eigenvalue weighted by Gasteiger charge is 2.11. The number of aromatic nitrogens is 1. The van der Waals surface area contributed by atoms with Crippen molar-refractivity contribution in [3.63, 3.8) is 0 Å². The van der Waals surface area contributed by atoms with E-state index in [0.717, 1.165) is 22.5 Å². The van der Waals surface area contributed by atoms with Crippen molar-refractivity contribution in [2.75, 3.05) is 17.7 Å². The number of anilines is 2. The molecule has 6 heteroatoms. The third-order valence-electron chi connectivity index (χ3n) is 3.46. The van der Waals surface area contributed by atoms with Crippen LogP contribution in [-0.2, 0) is 4.79 Å². The predicted octanol–water partition coefficient (Wildman–Crippen LogP) is 3.72. The molecule has 0 saturated heterocycles. The topological polar surface area (TPSA) is 77.2 Å². The zero-order chi connectivity index (χ0) is 16.9. The number of para-hydroxylation sites is 2. The van der Waals surface area contributed by atoms with Crippen LogP contribution in [0.15, 0.2) is 53.9 Å². The van der Waals surface area contributed by atoms with Crippen molar-refractivity contribution in [3.05, 3.63) is 59.5 Å². The number of hydrogen-bond donors (Lipinski definition) is 2. The Morgan fingerprint density at radius 2 is 1.96 bits per heavy atom. The van der Waals surface area contributed by atoms with Gasteiger partial charge in [-0.05, 0) is 30.7 Å². The minimum Gasteiger partial charge on any atom is -0.483 e. The molecule has 24 heavy (non-hydrogen) atoms. The Labute approximate surface area is 144 Å². The summed E-state index contributed by atoms with van der Waals surface area (Å²) in [4.78, 5) is 16.4. The molecule has 0 saturated carbocycles. The monoisotopic (exact) mass is 339 g/mol. The third-order valence-corrected chi connectivity index (χ3v) is 4.14. The van der Waals surface area contributed by atoms with Gasteiger partial charge in [0.15, 0.2) is 11.7 Å². The number of hydrogen-bond acceptors (Lipinski definition) is 5. The van der Waals surface area contributed by atoms with Gasteiger partial charge in [-0.1, -0.05) is 30.3 Å². The molecule has 1 amide bonds. The van der Waals surface area contributed by atoms with Gasteiger partial charge < -0.3 is 15.8 Å². The first-order valence-corrected chi connectivity index (χ1v) is 8.30. The van der Waals surface area contributed by atoms with Crippen LogP contribution in [0.1, 0.15) is 5.56 Å². The van der Waals surface area contributed by atoms with E-state index < -0.39 is 0 Å². The average Bonchev–Trinajstić information content (AvgIpc) is 3.02. The minimum absolute atomic E-state index is 0.0784. The Balaban J connectivity index is 1.69. The number of nitrogens with two attached hydrogens (primary N) is 1. The Morgan fingerprint density at radius 3 is 2.71 bits per heavy atom. The number of aryl methyl sites for hydroxylation is 1. The van der Waals surface area contributed by atoms with Crippen molar-refractivity contribution in [1.82, 2.24) is 4.98 Å². The van der Waals surface area contributed by atoms with Crippen molar-refractivity contribution < 1.29 is 9.53 Å². The van der Waals surface area contributed by atoms with E-state index >= 15 is 0 Å². The average molecular weight is 339 g/mol. The van der Waals surface area contributed by atoms with Crippen LogP contribution in [0, 0.1) is 6.92 Å². The van der Waals surface area contributed by atoms with Gasteiger partial charge in [-0.15, -0.1) is 11.3 Å². The molecule has 3 N–H and O–H groups in total. The van der Waals surface area contributed by atoms with Crippen molar-refractivity contribution in [2.45, 2.75) is 6.92 Å². The summed E-state index contributed by atoms with van der Waals surface area (Å²) < 4.78 is 5.69. The van der Waals surface area contributed by atoms with Gasteiger partial charge in [0.2, 0.25) is 0 Å². The number of carbonyl (C=O) groups excluding carboxylic acids is 1. The lowest BCUT2D eigenvalue weighted by Gasteiger charge is -2.11. The molecule has 2 aromatic carbocycles. The Hall–Kier alpha value is -2.86. The lowest BCUT2D eigenvalue weighted by atomic mass is 10.1. The molecule has 122 valence electrons. The van der Waals surface area contributed by atoms with Gasteiger partial charge >= 0.3 is 0 Å². The summed E-state index contributed by atoms with van der Waals surface area (Å²) >= 11 is 1.37. The molecule has 0 unspecified atom stereocenters. The van der Waals surface area contributed by atoms with Crippen LogP contribution < -0.4 is 15.8 Å². The van der Waals surface area contributed by atoms with Crippen LogP contribution in [0.5, 0.6) is 5.75 Å². The van der Waals surface area contributed by atoms with E-state index in [2.05, 4.69) is 10.3 Å². The molecule has 0 aliphatic rings. The Bertz CT molecular complexity index is 861. The van der Waals surface area contributed by atoms with E-state index in [1.54, 1.807) is 0 Å². The van der Waals surface area contributed by atoms with E-state index in [1.807, 2.05) is 60.8 Å². The molecule has 0 atom stereocenters. The van der Waals surface area contributed by atoms with E-state index in [0.29, 0.717) is 10.9 Å². The third kappa shape index (κ3) is 3.72. The number of amides is 1. The molecule has 1 heterocycles. The lowest BCUT2D eigenvalue weighted by molar-refractivity contribution is -0.118. The molecule has 5 nitrogen and oxygen atoms in total. The van der Waals surface area contributed by atoms with Crippen LogP contribution in [-0.4, -0.2) is 17.5 Å². The molecule has 0 aliphatic carbocycles. The van der Waals surface area contributed by atoms with Gasteiger partial charge in [0.05, 0.1) is 5.69 Å². The smallest absolute Gasteiger partial charge is 0.262 e. The first-order valence-electron chi connectivity index (χ1n) is 7.42. The fourth-order valence-electron chi connectivity index (χ4n) is 2.26. The fourth-order valence-corrected chi connectivity index (χ4v) is 2.82. The molecular formula is C18H17N3O2S. The summed E-state index contributed by atoms with van der Waals surface area (Å²) in [5.41, 5.74) is 9.04. The SMILES string of the molecule is Cc1ccccc1NC(=O)COc1ccccc1-c1csc(N)n1. The molecule has 3 aromatic rings. The van der Waals surface area contributed by atoms with E-state index in [1.165, 1.54) is 11.3 Å². The van der Waals surface area contributed by atoms with Crippen LogP contribution in [0.4, 0.5) is 10.8 Å². The molecule has 0 bridgehead atoms. The number of thiazole rings is 1. The maximum absolute atomic E-state index is 12.1. The second-order valence-corrected chi connectivity index (χ2v) is 6.11. The van der Waals surface area contributed by atoms with Gasteiger partial charge in [0.25, 0.3) is 5.91 Å². The molecule has 3 rings (SSSR count). The number of ether oxygens (including phenoxy) is 1. The maximum Gasteiger partial charge on any atom is 0.262 e. The number of carbonyl (C=O) groups is 1. The molecule has 0 radical (unpaired) electrons.